The Kier molecular flexibility index (Phi) is 4.59. The maximum absolute atomic E-state index is 13.4. The van der Waals surface area contributed by atoms with Crippen molar-refractivity contribution in [1.29, 1.82) is 0 Å². The van der Waals surface area contributed by atoms with Gasteiger partial charge in [0.2, 0.25) is 0 Å². The predicted octanol–water partition coefficient (Wildman–Crippen LogP) is 3.85. The Morgan fingerprint density at radius 2 is 2.13 bits per heavy atom. The van der Waals surface area contributed by atoms with Crippen LogP contribution in [0.15, 0.2) is 29.2 Å². The normalized spacial score (nSPS) is 16.1. The van der Waals surface area contributed by atoms with E-state index in [1.807, 2.05) is 6.07 Å². The number of carboxylic acid groups (broad SMARTS) is 1. The number of pyridine rings is 2. The van der Waals surface area contributed by atoms with Crippen molar-refractivity contribution < 1.29 is 23.4 Å². The number of ether oxygens (including phenoxy) is 1. The number of halogens is 2. The van der Waals surface area contributed by atoms with E-state index in [-0.39, 0.29) is 22.7 Å². The minimum absolute atomic E-state index is 0.0229. The quantitative estimate of drug-likeness (QED) is 0.640. The molecule has 3 aromatic rings. The van der Waals surface area contributed by atoms with Crippen molar-refractivity contribution in [2.24, 2.45) is 0 Å². The highest BCUT2D eigenvalue weighted by Crippen LogP contribution is 2.47. The van der Waals surface area contributed by atoms with Crippen molar-refractivity contribution in [2.75, 3.05) is 6.54 Å². The molecule has 0 amide bonds. The first kappa shape index (κ1) is 19.2. The predicted molar refractivity (Wildman–Crippen MR) is 108 cm³/mol. The molecule has 0 aromatic carbocycles. The molecule has 5 rings (SSSR count). The zero-order valence-corrected chi connectivity index (χ0v) is 16.6. The summed E-state index contributed by atoms with van der Waals surface area (Å²) in [6.45, 7) is -1.49. The standard InChI is InChI=1S/C21H18F2N2O4S/c22-21(23)29-18-12(16-7-11-9-24-5-3-15(11)30-16)4-6-25-17(18)13(10-1-2-10)8-14(19(25)26)20(27)28/h4,6-8,10,21,24H,1-3,5,9H2,(H,27,28). The monoisotopic (exact) mass is 432 g/mol. The highest BCUT2D eigenvalue weighted by molar-refractivity contribution is 7.15. The van der Waals surface area contributed by atoms with E-state index in [1.54, 1.807) is 6.07 Å². The van der Waals surface area contributed by atoms with Crippen LogP contribution in [-0.2, 0) is 13.0 Å². The average Bonchev–Trinajstić information content (AvgIpc) is 3.46. The van der Waals surface area contributed by atoms with Gasteiger partial charge in [-0.1, -0.05) is 0 Å². The number of aromatic nitrogens is 1. The molecule has 4 heterocycles. The van der Waals surface area contributed by atoms with Crippen molar-refractivity contribution in [3.05, 3.63) is 56.3 Å². The van der Waals surface area contributed by atoms with Gasteiger partial charge in [0.15, 0.2) is 5.75 Å². The molecule has 1 aliphatic carbocycles. The molecule has 1 saturated carbocycles. The number of rotatable bonds is 5. The van der Waals surface area contributed by atoms with E-state index in [0.29, 0.717) is 11.1 Å². The smallest absolute Gasteiger partial charge is 0.387 e. The molecule has 2 aliphatic rings. The molecule has 6 nitrogen and oxygen atoms in total. The number of aromatic carboxylic acids is 1. The summed E-state index contributed by atoms with van der Waals surface area (Å²) in [5, 5.41) is 12.7. The van der Waals surface area contributed by atoms with Crippen LogP contribution in [0.25, 0.3) is 16.0 Å². The molecule has 2 N–H and O–H groups in total. The van der Waals surface area contributed by atoms with E-state index in [0.717, 1.165) is 47.2 Å². The van der Waals surface area contributed by atoms with Gasteiger partial charge in [0.25, 0.3) is 5.56 Å². The lowest BCUT2D eigenvalue weighted by atomic mass is 10.0. The molecule has 156 valence electrons. The van der Waals surface area contributed by atoms with Gasteiger partial charge in [-0.15, -0.1) is 11.3 Å². The molecule has 0 radical (unpaired) electrons. The molecule has 0 saturated heterocycles. The third-order valence-electron chi connectivity index (χ3n) is 5.57. The second kappa shape index (κ2) is 7.17. The van der Waals surface area contributed by atoms with E-state index < -0.39 is 18.1 Å². The van der Waals surface area contributed by atoms with Crippen LogP contribution in [0.2, 0.25) is 0 Å². The Morgan fingerprint density at radius 1 is 1.33 bits per heavy atom. The molecule has 0 spiro atoms. The van der Waals surface area contributed by atoms with Crippen LogP contribution in [0, 0.1) is 0 Å². The molecule has 1 aliphatic heterocycles. The van der Waals surface area contributed by atoms with Crippen molar-refractivity contribution in [2.45, 2.75) is 38.3 Å². The Balaban J connectivity index is 1.81. The zero-order chi connectivity index (χ0) is 21.0. The van der Waals surface area contributed by atoms with E-state index in [4.69, 9.17) is 4.74 Å². The summed E-state index contributed by atoms with van der Waals surface area (Å²) in [6.07, 6.45) is 3.95. The van der Waals surface area contributed by atoms with Gasteiger partial charge >= 0.3 is 12.6 Å². The van der Waals surface area contributed by atoms with Crippen LogP contribution in [0.4, 0.5) is 8.78 Å². The SMILES string of the molecule is O=C(O)c1cc(C2CC2)c2c(OC(F)F)c(-c3cc4c(s3)CCNC4)ccn2c1=O. The van der Waals surface area contributed by atoms with Gasteiger partial charge in [0.05, 0.1) is 5.52 Å². The summed E-state index contributed by atoms with van der Waals surface area (Å²) < 4.78 is 32.9. The average molecular weight is 432 g/mol. The molecule has 0 unspecified atom stereocenters. The maximum atomic E-state index is 13.4. The fourth-order valence-corrected chi connectivity index (χ4v) is 5.24. The fraction of sp³-hybridized carbons (Fsp3) is 0.333. The number of carboxylic acids is 1. The van der Waals surface area contributed by atoms with Gasteiger partial charge in [0.1, 0.15) is 5.56 Å². The highest BCUT2D eigenvalue weighted by atomic mass is 32.1. The third kappa shape index (κ3) is 3.18. The Labute approximate surface area is 173 Å². The Hall–Kier alpha value is -2.78. The number of nitrogens with zero attached hydrogens (tertiary/aromatic N) is 1. The van der Waals surface area contributed by atoms with Crippen molar-refractivity contribution in [3.63, 3.8) is 0 Å². The maximum Gasteiger partial charge on any atom is 0.387 e. The highest BCUT2D eigenvalue weighted by Gasteiger charge is 2.31. The molecule has 0 atom stereocenters. The van der Waals surface area contributed by atoms with E-state index in [1.165, 1.54) is 28.5 Å². The van der Waals surface area contributed by atoms with Crippen LogP contribution < -0.4 is 15.6 Å². The van der Waals surface area contributed by atoms with Crippen LogP contribution >= 0.6 is 11.3 Å². The van der Waals surface area contributed by atoms with Crippen LogP contribution in [0.3, 0.4) is 0 Å². The van der Waals surface area contributed by atoms with Crippen molar-refractivity contribution in [1.82, 2.24) is 9.72 Å². The van der Waals surface area contributed by atoms with E-state index in [9.17, 15) is 23.5 Å². The summed E-state index contributed by atoms with van der Waals surface area (Å²) in [5.74, 6) is -1.39. The van der Waals surface area contributed by atoms with Gasteiger partial charge in [-0.3, -0.25) is 9.20 Å². The summed E-state index contributed by atoms with van der Waals surface area (Å²) in [6, 6.07) is 4.85. The van der Waals surface area contributed by atoms with Gasteiger partial charge < -0.3 is 15.2 Å². The number of alkyl halides is 2. The van der Waals surface area contributed by atoms with E-state index in [2.05, 4.69) is 5.32 Å². The van der Waals surface area contributed by atoms with Gasteiger partial charge in [0, 0.05) is 34.6 Å². The number of hydrogen-bond donors (Lipinski definition) is 2. The number of nitrogens with one attached hydrogen (secondary N) is 1. The second-order valence-electron chi connectivity index (χ2n) is 7.54. The third-order valence-corrected chi connectivity index (χ3v) is 6.84. The summed E-state index contributed by atoms with van der Waals surface area (Å²) in [4.78, 5) is 26.3. The lowest BCUT2D eigenvalue weighted by Crippen LogP contribution is -2.23. The van der Waals surface area contributed by atoms with Crippen LogP contribution in [0.5, 0.6) is 5.75 Å². The van der Waals surface area contributed by atoms with Crippen molar-refractivity contribution >= 4 is 22.8 Å². The van der Waals surface area contributed by atoms with Crippen molar-refractivity contribution in [3.8, 4) is 16.2 Å². The first-order valence-corrected chi connectivity index (χ1v) is 10.5. The molecular weight excluding hydrogens is 414 g/mol. The Morgan fingerprint density at radius 3 is 2.80 bits per heavy atom. The van der Waals surface area contributed by atoms with Gasteiger partial charge in [-0.25, -0.2) is 4.79 Å². The number of hydrogen-bond acceptors (Lipinski definition) is 5. The lowest BCUT2D eigenvalue weighted by molar-refractivity contribution is -0.0486. The van der Waals surface area contributed by atoms with E-state index >= 15 is 0 Å². The number of thiophene rings is 1. The molecule has 9 heteroatoms. The molecule has 0 bridgehead atoms. The minimum atomic E-state index is -3.08. The largest absolute Gasteiger partial charge is 0.477 e. The molecular formula is C21H18F2N2O4S. The molecule has 30 heavy (non-hydrogen) atoms. The lowest BCUT2D eigenvalue weighted by Gasteiger charge is -2.17. The first-order chi connectivity index (χ1) is 14.4. The van der Waals surface area contributed by atoms with Crippen LogP contribution in [0.1, 0.15) is 45.1 Å². The topological polar surface area (TPSA) is 80.0 Å². The number of fused-ring (bicyclic) bond motifs is 2. The summed E-state index contributed by atoms with van der Waals surface area (Å²) >= 11 is 1.53. The summed E-state index contributed by atoms with van der Waals surface area (Å²) in [5.41, 5.74) is 1.27. The first-order valence-electron chi connectivity index (χ1n) is 9.67. The van der Waals surface area contributed by atoms with Gasteiger partial charge in [-0.05, 0) is 54.5 Å². The number of carbonyl (C=O) groups is 1. The molecule has 1 fully saturated rings. The molecule has 3 aromatic heterocycles. The zero-order valence-electron chi connectivity index (χ0n) is 15.8. The minimum Gasteiger partial charge on any atom is -0.477 e. The van der Waals surface area contributed by atoms with Gasteiger partial charge in [-0.2, -0.15) is 8.78 Å². The Bertz CT molecular complexity index is 1210. The van der Waals surface area contributed by atoms with Crippen LogP contribution in [-0.4, -0.2) is 28.6 Å². The fourth-order valence-electron chi connectivity index (χ4n) is 4.04. The second-order valence-corrected chi connectivity index (χ2v) is 8.68. The summed E-state index contributed by atoms with van der Waals surface area (Å²) in [7, 11) is 0.